The molecule has 1 saturated heterocycles. The van der Waals surface area contributed by atoms with Crippen LogP contribution in [0.15, 0.2) is 49.1 Å². The zero-order valence-electron chi connectivity index (χ0n) is 15.3. The molecule has 1 aliphatic heterocycles. The van der Waals surface area contributed by atoms with Crippen LogP contribution < -0.4 is 10.2 Å². The molecule has 0 bridgehead atoms. The molecule has 28 heavy (non-hydrogen) atoms. The number of nitrogens with zero attached hydrogens (tertiary/aromatic N) is 8. The Labute approximate surface area is 162 Å². The standard InChI is InChI=1S/C18H21N9O/c28-17(15-3-1-4-16(13-15)27-14-22-23-24-27)19-7-8-25-9-11-26(12-10-25)18-20-5-2-6-21-18/h1-6,13-14H,7-12H2,(H,19,28). The van der Waals surface area contributed by atoms with Crippen molar-refractivity contribution in [1.82, 2.24) is 40.4 Å². The van der Waals surface area contributed by atoms with Gasteiger partial charge >= 0.3 is 0 Å². The molecule has 10 heteroatoms. The van der Waals surface area contributed by atoms with Gasteiger partial charge in [0.25, 0.3) is 5.91 Å². The molecule has 2 aromatic heterocycles. The van der Waals surface area contributed by atoms with Gasteiger partial charge in [-0.25, -0.2) is 14.6 Å². The van der Waals surface area contributed by atoms with Crippen LogP contribution in [0.5, 0.6) is 0 Å². The number of anilines is 1. The maximum absolute atomic E-state index is 12.4. The number of nitrogens with one attached hydrogen (secondary N) is 1. The van der Waals surface area contributed by atoms with Gasteiger partial charge < -0.3 is 10.2 Å². The van der Waals surface area contributed by atoms with Crippen LogP contribution >= 0.6 is 0 Å². The van der Waals surface area contributed by atoms with Crippen molar-refractivity contribution in [2.24, 2.45) is 0 Å². The van der Waals surface area contributed by atoms with Gasteiger partial charge in [0.15, 0.2) is 0 Å². The summed E-state index contributed by atoms with van der Waals surface area (Å²) < 4.78 is 1.52. The molecule has 1 aromatic carbocycles. The number of rotatable bonds is 6. The van der Waals surface area contributed by atoms with Crippen molar-refractivity contribution in [3.8, 4) is 5.69 Å². The Morgan fingerprint density at radius 2 is 1.89 bits per heavy atom. The minimum Gasteiger partial charge on any atom is -0.351 e. The summed E-state index contributed by atoms with van der Waals surface area (Å²) >= 11 is 0. The Balaban J connectivity index is 1.24. The summed E-state index contributed by atoms with van der Waals surface area (Å²) in [5.41, 5.74) is 1.33. The lowest BCUT2D eigenvalue weighted by Gasteiger charge is -2.34. The highest BCUT2D eigenvalue weighted by Crippen LogP contribution is 2.10. The SMILES string of the molecule is O=C(NCCN1CCN(c2ncccn2)CC1)c1cccc(-n2cnnn2)c1. The van der Waals surface area contributed by atoms with Gasteiger partial charge in [0.1, 0.15) is 6.33 Å². The lowest BCUT2D eigenvalue weighted by molar-refractivity contribution is 0.0947. The third-order valence-corrected chi connectivity index (χ3v) is 4.64. The van der Waals surface area contributed by atoms with Crippen molar-refractivity contribution >= 4 is 11.9 Å². The molecule has 0 aliphatic carbocycles. The largest absolute Gasteiger partial charge is 0.351 e. The van der Waals surface area contributed by atoms with Crippen molar-refractivity contribution < 1.29 is 4.79 Å². The molecule has 0 unspecified atom stereocenters. The normalized spacial score (nSPS) is 14.8. The molecule has 1 aliphatic rings. The van der Waals surface area contributed by atoms with Crippen LogP contribution in [-0.2, 0) is 0 Å². The Kier molecular flexibility index (Phi) is 5.48. The molecule has 0 saturated carbocycles. The summed E-state index contributed by atoms with van der Waals surface area (Å²) in [6.45, 7) is 5.00. The van der Waals surface area contributed by atoms with Crippen molar-refractivity contribution in [2.75, 3.05) is 44.2 Å². The third kappa shape index (κ3) is 4.29. The summed E-state index contributed by atoms with van der Waals surface area (Å²) in [7, 11) is 0. The second-order valence-electron chi connectivity index (χ2n) is 6.44. The average Bonchev–Trinajstić information content (AvgIpc) is 3.30. The monoisotopic (exact) mass is 379 g/mol. The van der Waals surface area contributed by atoms with Gasteiger partial charge in [0, 0.05) is 57.2 Å². The fraction of sp³-hybridized carbons (Fsp3) is 0.333. The van der Waals surface area contributed by atoms with Crippen molar-refractivity contribution in [3.05, 3.63) is 54.6 Å². The van der Waals surface area contributed by atoms with E-state index in [1.54, 1.807) is 24.5 Å². The molecule has 10 nitrogen and oxygen atoms in total. The highest BCUT2D eigenvalue weighted by atomic mass is 16.1. The zero-order valence-corrected chi connectivity index (χ0v) is 15.3. The van der Waals surface area contributed by atoms with E-state index in [1.165, 1.54) is 11.0 Å². The van der Waals surface area contributed by atoms with Gasteiger partial charge in [0.2, 0.25) is 5.95 Å². The summed E-state index contributed by atoms with van der Waals surface area (Å²) in [6, 6.07) is 9.03. The van der Waals surface area contributed by atoms with Gasteiger partial charge in [-0.2, -0.15) is 0 Å². The van der Waals surface area contributed by atoms with Crippen LogP contribution in [-0.4, -0.2) is 80.3 Å². The Morgan fingerprint density at radius 1 is 1.07 bits per heavy atom. The topological polar surface area (TPSA) is 105 Å². The van der Waals surface area contributed by atoms with E-state index in [1.807, 2.05) is 18.2 Å². The first-order valence-electron chi connectivity index (χ1n) is 9.15. The Morgan fingerprint density at radius 3 is 2.64 bits per heavy atom. The number of benzene rings is 1. The summed E-state index contributed by atoms with van der Waals surface area (Å²) in [5.74, 6) is 0.671. The second kappa shape index (κ2) is 8.53. The number of aromatic nitrogens is 6. The smallest absolute Gasteiger partial charge is 0.251 e. The number of tetrazole rings is 1. The van der Waals surface area contributed by atoms with E-state index < -0.39 is 0 Å². The molecular weight excluding hydrogens is 358 g/mol. The Hall–Kier alpha value is -3.40. The van der Waals surface area contributed by atoms with Crippen LogP contribution in [0.2, 0.25) is 0 Å². The fourth-order valence-corrected chi connectivity index (χ4v) is 3.12. The highest BCUT2D eigenvalue weighted by molar-refractivity contribution is 5.94. The highest BCUT2D eigenvalue weighted by Gasteiger charge is 2.18. The van der Waals surface area contributed by atoms with Crippen LogP contribution in [0.3, 0.4) is 0 Å². The summed E-state index contributed by atoms with van der Waals surface area (Å²) in [5, 5.41) is 14.1. The van der Waals surface area contributed by atoms with Crippen LogP contribution in [0.25, 0.3) is 5.69 Å². The second-order valence-corrected chi connectivity index (χ2v) is 6.44. The molecule has 0 spiro atoms. The first-order chi connectivity index (χ1) is 13.8. The molecule has 0 radical (unpaired) electrons. The van der Waals surface area contributed by atoms with Crippen LogP contribution in [0.4, 0.5) is 5.95 Å². The molecular formula is C18H21N9O. The maximum atomic E-state index is 12.4. The van der Waals surface area contributed by atoms with Gasteiger partial charge in [-0.05, 0) is 34.7 Å². The average molecular weight is 379 g/mol. The molecule has 4 rings (SSSR count). The Bertz CT molecular complexity index is 892. The minimum absolute atomic E-state index is 0.105. The first kappa shape index (κ1) is 18.0. The van der Waals surface area contributed by atoms with E-state index in [-0.39, 0.29) is 5.91 Å². The fourth-order valence-electron chi connectivity index (χ4n) is 3.12. The van der Waals surface area contributed by atoms with Crippen LogP contribution in [0, 0.1) is 0 Å². The molecule has 3 aromatic rings. The number of hydrogen-bond acceptors (Lipinski definition) is 8. The molecule has 1 amide bonds. The zero-order chi connectivity index (χ0) is 19.2. The molecule has 144 valence electrons. The number of amides is 1. The number of carbonyl (C=O) groups excluding carboxylic acids is 1. The van der Waals surface area contributed by atoms with E-state index in [0.29, 0.717) is 12.1 Å². The minimum atomic E-state index is -0.105. The molecule has 1 N–H and O–H groups in total. The van der Waals surface area contributed by atoms with Gasteiger partial charge in [-0.3, -0.25) is 9.69 Å². The van der Waals surface area contributed by atoms with E-state index in [9.17, 15) is 4.79 Å². The van der Waals surface area contributed by atoms with Crippen molar-refractivity contribution in [2.45, 2.75) is 0 Å². The van der Waals surface area contributed by atoms with Gasteiger partial charge in [-0.15, -0.1) is 5.10 Å². The van der Waals surface area contributed by atoms with E-state index in [2.05, 4.69) is 40.6 Å². The molecule has 3 heterocycles. The molecule has 1 fully saturated rings. The third-order valence-electron chi connectivity index (χ3n) is 4.64. The summed E-state index contributed by atoms with van der Waals surface area (Å²) in [4.78, 5) is 25.5. The predicted octanol–water partition coefficient (Wildman–Crippen LogP) is 0.00430. The van der Waals surface area contributed by atoms with Gasteiger partial charge in [-0.1, -0.05) is 6.07 Å². The van der Waals surface area contributed by atoms with E-state index in [4.69, 9.17) is 0 Å². The number of carbonyl (C=O) groups is 1. The predicted molar refractivity (Wildman–Crippen MR) is 102 cm³/mol. The van der Waals surface area contributed by atoms with E-state index >= 15 is 0 Å². The summed E-state index contributed by atoms with van der Waals surface area (Å²) in [6.07, 6.45) is 5.02. The van der Waals surface area contributed by atoms with Gasteiger partial charge in [0.05, 0.1) is 5.69 Å². The number of piperazine rings is 1. The quantitative estimate of drug-likeness (QED) is 0.638. The maximum Gasteiger partial charge on any atom is 0.251 e. The lowest BCUT2D eigenvalue weighted by Crippen LogP contribution is -2.49. The lowest BCUT2D eigenvalue weighted by atomic mass is 10.2. The van der Waals surface area contributed by atoms with Crippen molar-refractivity contribution in [1.29, 1.82) is 0 Å². The van der Waals surface area contributed by atoms with E-state index in [0.717, 1.165) is 44.4 Å². The molecule has 0 atom stereocenters. The first-order valence-corrected chi connectivity index (χ1v) is 9.15. The van der Waals surface area contributed by atoms with Crippen LogP contribution in [0.1, 0.15) is 10.4 Å². The number of hydrogen-bond donors (Lipinski definition) is 1. The van der Waals surface area contributed by atoms with Crippen molar-refractivity contribution in [3.63, 3.8) is 0 Å².